The maximum atomic E-state index is 6.09. The topological polar surface area (TPSA) is 0 Å². The maximum Gasteiger partial charge on any atom is 0.0452 e. The van der Waals surface area contributed by atoms with Crippen LogP contribution in [-0.2, 0) is 6.42 Å². The highest BCUT2D eigenvalue weighted by Crippen LogP contribution is 2.33. The van der Waals surface area contributed by atoms with Crippen molar-refractivity contribution in [2.24, 2.45) is 0 Å². The van der Waals surface area contributed by atoms with Crippen LogP contribution in [0.2, 0.25) is 5.02 Å². The highest BCUT2D eigenvalue weighted by atomic mass is 35.5. The summed E-state index contributed by atoms with van der Waals surface area (Å²) >= 11 is 12.2. The standard InChI is InChI=1S/C10H9ClS2/c1-2-6-3-7-9(12)5-13-10(7)4-8(6)11/h3-5,12H,2H2,1H3. The van der Waals surface area contributed by atoms with E-state index in [4.69, 9.17) is 11.6 Å². The van der Waals surface area contributed by atoms with Crippen LogP contribution in [0.1, 0.15) is 12.5 Å². The van der Waals surface area contributed by atoms with Crippen LogP contribution in [0.4, 0.5) is 0 Å². The van der Waals surface area contributed by atoms with E-state index in [0.717, 1.165) is 16.3 Å². The number of thiophene rings is 1. The monoisotopic (exact) mass is 228 g/mol. The van der Waals surface area contributed by atoms with Gasteiger partial charge in [-0.15, -0.1) is 24.0 Å². The number of fused-ring (bicyclic) bond motifs is 1. The van der Waals surface area contributed by atoms with Crippen molar-refractivity contribution < 1.29 is 0 Å². The van der Waals surface area contributed by atoms with Crippen LogP contribution in [0.3, 0.4) is 0 Å². The quantitative estimate of drug-likeness (QED) is 0.687. The SMILES string of the molecule is CCc1cc2c(S)csc2cc1Cl. The van der Waals surface area contributed by atoms with Gasteiger partial charge in [0.2, 0.25) is 0 Å². The van der Waals surface area contributed by atoms with Crippen molar-refractivity contribution in [3.05, 3.63) is 28.1 Å². The molecule has 0 aliphatic rings. The lowest BCUT2D eigenvalue weighted by Crippen LogP contribution is -1.80. The summed E-state index contributed by atoms with van der Waals surface area (Å²) in [6.07, 6.45) is 0.970. The molecule has 0 bridgehead atoms. The summed E-state index contributed by atoms with van der Waals surface area (Å²) < 4.78 is 1.22. The van der Waals surface area contributed by atoms with Gasteiger partial charge < -0.3 is 0 Å². The van der Waals surface area contributed by atoms with Gasteiger partial charge in [0.15, 0.2) is 0 Å². The highest BCUT2D eigenvalue weighted by molar-refractivity contribution is 7.80. The third-order valence-electron chi connectivity index (χ3n) is 2.10. The third kappa shape index (κ3) is 1.58. The highest BCUT2D eigenvalue weighted by Gasteiger charge is 2.05. The van der Waals surface area contributed by atoms with E-state index >= 15 is 0 Å². The molecular formula is C10H9ClS2. The number of hydrogen-bond donors (Lipinski definition) is 1. The summed E-state index contributed by atoms with van der Waals surface area (Å²) in [5.74, 6) is 0. The van der Waals surface area contributed by atoms with Crippen LogP contribution in [-0.4, -0.2) is 0 Å². The van der Waals surface area contributed by atoms with Gasteiger partial charge in [-0.1, -0.05) is 18.5 Å². The second-order valence-corrected chi connectivity index (χ2v) is 4.71. The molecule has 1 aromatic carbocycles. The summed E-state index contributed by atoms with van der Waals surface area (Å²) in [5, 5.41) is 4.13. The summed E-state index contributed by atoms with van der Waals surface area (Å²) in [7, 11) is 0. The second-order valence-electron chi connectivity index (χ2n) is 2.91. The summed E-state index contributed by atoms with van der Waals surface area (Å²) in [6.45, 7) is 2.11. The van der Waals surface area contributed by atoms with Crippen LogP contribution in [0.5, 0.6) is 0 Å². The molecular weight excluding hydrogens is 220 g/mol. The number of benzene rings is 1. The predicted molar refractivity (Wildman–Crippen MR) is 63.5 cm³/mol. The van der Waals surface area contributed by atoms with Gasteiger partial charge in [0, 0.05) is 25.4 Å². The van der Waals surface area contributed by atoms with Crippen molar-refractivity contribution in [1.29, 1.82) is 0 Å². The first kappa shape index (κ1) is 9.38. The van der Waals surface area contributed by atoms with E-state index < -0.39 is 0 Å². The first-order valence-electron chi connectivity index (χ1n) is 4.11. The van der Waals surface area contributed by atoms with Gasteiger partial charge in [-0.3, -0.25) is 0 Å². The summed E-state index contributed by atoms with van der Waals surface area (Å²) in [6, 6.07) is 4.16. The Morgan fingerprint density at radius 2 is 2.23 bits per heavy atom. The Labute approximate surface area is 91.9 Å². The Morgan fingerprint density at radius 1 is 1.46 bits per heavy atom. The van der Waals surface area contributed by atoms with E-state index in [1.54, 1.807) is 11.3 Å². The van der Waals surface area contributed by atoms with Crippen LogP contribution in [0, 0.1) is 0 Å². The molecule has 0 N–H and O–H groups in total. The first-order valence-corrected chi connectivity index (χ1v) is 5.81. The Bertz CT molecular complexity index is 445. The molecule has 0 saturated carbocycles. The molecule has 0 atom stereocenters. The predicted octanol–water partition coefficient (Wildman–Crippen LogP) is 4.41. The number of hydrogen-bond acceptors (Lipinski definition) is 2. The number of halogens is 1. The van der Waals surface area contributed by atoms with Gasteiger partial charge in [-0.25, -0.2) is 0 Å². The van der Waals surface area contributed by atoms with Crippen molar-refractivity contribution in [3.63, 3.8) is 0 Å². The first-order chi connectivity index (χ1) is 6.22. The van der Waals surface area contributed by atoms with Crippen molar-refractivity contribution in [2.45, 2.75) is 18.2 Å². The Hall–Kier alpha value is -0.180. The van der Waals surface area contributed by atoms with Crippen molar-refractivity contribution in [3.8, 4) is 0 Å². The molecule has 0 spiro atoms. The molecule has 2 rings (SSSR count). The number of thiol groups is 1. The number of rotatable bonds is 1. The lowest BCUT2D eigenvalue weighted by Gasteiger charge is -2.00. The van der Waals surface area contributed by atoms with E-state index in [1.807, 2.05) is 11.4 Å². The number of aryl methyl sites for hydroxylation is 1. The minimum atomic E-state index is 0.866. The zero-order valence-electron chi connectivity index (χ0n) is 7.17. The van der Waals surface area contributed by atoms with Gasteiger partial charge in [0.1, 0.15) is 0 Å². The van der Waals surface area contributed by atoms with Gasteiger partial charge >= 0.3 is 0 Å². The Balaban J connectivity index is 2.77. The van der Waals surface area contributed by atoms with Crippen molar-refractivity contribution in [1.82, 2.24) is 0 Å². The fraction of sp³-hybridized carbons (Fsp3) is 0.200. The van der Waals surface area contributed by atoms with Gasteiger partial charge in [0.05, 0.1) is 0 Å². The van der Waals surface area contributed by atoms with E-state index in [9.17, 15) is 0 Å². The molecule has 0 unspecified atom stereocenters. The van der Waals surface area contributed by atoms with Gasteiger partial charge in [-0.2, -0.15) is 0 Å². The van der Waals surface area contributed by atoms with Crippen LogP contribution < -0.4 is 0 Å². The normalized spacial score (nSPS) is 11.0. The molecule has 0 aliphatic heterocycles. The molecule has 68 valence electrons. The van der Waals surface area contributed by atoms with E-state index in [2.05, 4.69) is 25.6 Å². The molecule has 0 nitrogen and oxygen atoms in total. The third-order valence-corrected chi connectivity index (χ3v) is 3.94. The van der Waals surface area contributed by atoms with Gasteiger partial charge in [-0.05, 0) is 24.1 Å². The molecule has 0 saturated heterocycles. The molecule has 1 aromatic heterocycles. The molecule has 2 aromatic rings. The molecule has 0 radical (unpaired) electrons. The lowest BCUT2D eigenvalue weighted by atomic mass is 10.1. The van der Waals surface area contributed by atoms with Gasteiger partial charge in [0.25, 0.3) is 0 Å². The smallest absolute Gasteiger partial charge is 0.0452 e. The maximum absolute atomic E-state index is 6.09. The van der Waals surface area contributed by atoms with Crippen LogP contribution in [0.25, 0.3) is 10.1 Å². The molecule has 13 heavy (non-hydrogen) atoms. The van der Waals surface area contributed by atoms with E-state index in [-0.39, 0.29) is 0 Å². The lowest BCUT2D eigenvalue weighted by molar-refractivity contribution is 1.15. The summed E-state index contributed by atoms with van der Waals surface area (Å²) in [4.78, 5) is 1.05. The van der Waals surface area contributed by atoms with E-state index in [1.165, 1.54) is 15.6 Å². The molecule has 0 aliphatic carbocycles. The zero-order chi connectivity index (χ0) is 9.42. The fourth-order valence-corrected chi connectivity index (χ4v) is 2.98. The minimum absolute atomic E-state index is 0.866. The van der Waals surface area contributed by atoms with Crippen LogP contribution >= 0.6 is 35.6 Å². The minimum Gasteiger partial charge on any atom is -0.143 e. The second kappa shape index (κ2) is 3.52. The Kier molecular flexibility index (Phi) is 2.54. The largest absolute Gasteiger partial charge is 0.143 e. The molecule has 0 amide bonds. The van der Waals surface area contributed by atoms with Crippen molar-refractivity contribution >= 4 is 45.7 Å². The van der Waals surface area contributed by atoms with Crippen molar-refractivity contribution in [2.75, 3.05) is 0 Å². The summed E-state index contributed by atoms with van der Waals surface area (Å²) in [5.41, 5.74) is 1.20. The molecule has 3 heteroatoms. The molecule has 0 fully saturated rings. The zero-order valence-corrected chi connectivity index (χ0v) is 9.64. The average molecular weight is 229 g/mol. The Morgan fingerprint density at radius 3 is 2.92 bits per heavy atom. The molecule has 1 heterocycles. The average Bonchev–Trinajstić information content (AvgIpc) is 2.46. The van der Waals surface area contributed by atoms with Crippen LogP contribution in [0.15, 0.2) is 22.4 Å². The fourth-order valence-electron chi connectivity index (χ4n) is 1.35. The van der Waals surface area contributed by atoms with E-state index in [0.29, 0.717) is 0 Å².